The van der Waals surface area contributed by atoms with Crippen LogP contribution in [0.4, 0.5) is 0 Å². The summed E-state index contributed by atoms with van der Waals surface area (Å²) in [6.07, 6.45) is 0.418. The number of carbonyl (C=O) groups excluding carboxylic acids is 1. The quantitative estimate of drug-likeness (QED) is 0.625. The van der Waals surface area contributed by atoms with E-state index < -0.39 is 5.97 Å². The lowest BCUT2D eigenvalue weighted by Gasteiger charge is -2.43. The highest BCUT2D eigenvalue weighted by atomic mass is 35.5. The van der Waals surface area contributed by atoms with Crippen LogP contribution in [0, 0.1) is 0 Å². The summed E-state index contributed by atoms with van der Waals surface area (Å²) >= 11 is 10.3. The number of hydrogen-bond donors (Lipinski definition) is 1. The van der Waals surface area contributed by atoms with E-state index in [1.807, 2.05) is 18.2 Å². The summed E-state index contributed by atoms with van der Waals surface area (Å²) in [5.74, 6) is -0.164. The number of amides is 1. The summed E-state index contributed by atoms with van der Waals surface area (Å²) in [7, 11) is 0. The van der Waals surface area contributed by atoms with Gasteiger partial charge in [-0.2, -0.15) is 0 Å². The molecule has 0 aliphatic carbocycles. The van der Waals surface area contributed by atoms with Crippen molar-refractivity contribution in [1.29, 1.82) is 0 Å². The van der Waals surface area contributed by atoms with Crippen LogP contribution in [0.15, 0.2) is 33.1 Å². The van der Waals surface area contributed by atoms with Crippen LogP contribution in [0.5, 0.6) is 0 Å². The Bertz CT molecular complexity index is 895. The summed E-state index contributed by atoms with van der Waals surface area (Å²) in [5.41, 5.74) is 1.97. The van der Waals surface area contributed by atoms with Gasteiger partial charge < -0.3 is 5.11 Å². The molecule has 0 bridgehead atoms. The molecule has 1 aromatic carbocycles. The fourth-order valence-electron chi connectivity index (χ4n) is 2.65. The number of fused-ring (bicyclic) bond motifs is 2. The minimum absolute atomic E-state index is 0.0328. The van der Waals surface area contributed by atoms with Gasteiger partial charge in [0, 0.05) is 16.5 Å². The molecular formula is C15H11ClN2O3S3. The lowest BCUT2D eigenvalue weighted by molar-refractivity contribution is -0.146. The zero-order valence-corrected chi connectivity index (χ0v) is 15.4. The summed E-state index contributed by atoms with van der Waals surface area (Å²) in [6, 6.07) is 5.88. The maximum atomic E-state index is 11.8. The summed E-state index contributed by atoms with van der Waals surface area (Å²) in [5, 5.41) is 9.50. The third-order valence-corrected chi connectivity index (χ3v) is 7.71. The number of aliphatic carboxylic acids is 1. The predicted octanol–water partition coefficient (Wildman–Crippen LogP) is 3.73. The van der Waals surface area contributed by atoms with Gasteiger partial charge in [0.15, 0.2) is 4.34 Å². The van der Waals surface area contributed by atoms with Crippen LogP contribution < -0.4 is 0 Å². The van der Waals surface area contributed by atoms with Gasteiger partial charge >= 0.3 is 5.97 Å². The van der Waals surface area contributed by atoms with Crippen molar-refractivity contribution in [2.45, 2.75) is 22.0 Å². The summed E-state index contributed by atoms with van der Waals surface area (Å²) in [6.45, 7) is 0. The van der Waals surface area contributed by atoms with E-state index in [-0.39, 0.29) is 17.0 Å². The number of hydrogen-bond acceptors (Lipinski definition) is 6. The zero-order valence-electron chi connectivity index (χ0n) is 12.2. The molecule has 0 saturated carbocycles. The van der Waals surface area contributed by atoms with Crippen molar-refractivity contribution in [1.82, 2.24) is 9.88 Å². The Hall–Kier alpha value is -1.22. The van der Waals surface area contributed by atoms with Gasteiger partial charge in [-0.1, -0.05) is 17.8 Å². The zero-order chi connectivity index (χ0) is 16.8. The van der Waals surface area contributed by atoms with Crippen LogP contribution in [-0.2, 0) is 15.5 Å². The molecule has 0 spiro atoms. The topological polar surface area (TPSA) is 70.5 Å². The third kappa shape index (κ3) is 2.71. The molecule has 2 aliphatic heterocycles. The van der Waals surface area contributed by atoms with Gasteiger partial charge in [0.2, 0.25) is 5.91 Å². The van der Waals surface area contributed by atoms with Crippen molar-refractivity contribution >= 4 is 68.6 Å². The standard InChI is InChI=1S/C15H11ClN2O3S3/c16-5-7-1-2-9-8(3-7)17-15(23-9)24-10-6-22-12-4-11(19)18(12)13(10)14(20)21/h1-3,12H,4-6H2,(H,20,21)/t12-/m0/s1. The maximum absolute atomic E-state index is 11.8. The van der Waals surface area contributed by atoms with E-state index >= 15 is 0 Å². The van der Waals surface area contributed by atoms with Gasteiger partial charge in [-0.25, -0.2) is 9.78 Å². The molecule has 124 valence electrons. The Kier molecular flexibility index (Phi) is 4.24. The Morgan fingerprint density at radius 2 is 2.33 bits per heavy atom. The molecule has 1 saturated heterocycles. The molecule has 9 heteroatoms. The van der Waals surface area contributed by atoms with Crippen LogP contribution in [-0.4, -0.2) is 38.0 Å². The first-order valence-corrected chi connectivity index (χ1v) is 10.3. The number of thioether (sulfide) groups is 2. The van der Waals surface area contributed by atoms with Gasteiger partial charge in [-0.05, 0) is 17.7 Å². The number of thiazole rings is 1. The molecule has 4 rings (SSSR count). The summed E-state index contributed by atoms with van der Waals surface area (Å²) < 4.78 is 1.81. The maximum Gasteiger partial charge on any atom is 0.353 e. The van der Waals surface area contributed by atoms with Crippen LogP contribution >= 0.6 is 46.5 Å². The molecule has 2 aromatic rings. The van der Waals surface area contributed by atoms with E-state index in [0.29, 0.717) is 23.0 Å². The fourth-order valence-corrected chi connectivity index (χ4v) is 6.42. The molecule has 2 aliphatic rings. The fraction of sp³-hybridized carbons (Fsp3) is 0.267. The Balaban J connectivity index is 1.69. The Morgan fingerprint density at radius 3 is 3.04 bits per heavy atom. The van der Waals surface area contributed by atoms with Gasteiger partial charge in [-0.3, -0.25) is 9.69 Å². The molecule has 5 nitrogen and oxygen atoms in total. The van der Waals surface area contributed by atoms with Crippen molar-refractivity contribution in [3.8, 4) is 0 Å². The highest BCUT2D eigenvalue weighted by molar-refractivity contribution is 8.07. The number of carbonyl (C=O) groups is 2. The number of nitrogens with zero attached hydrogens (tertiary/aromatic N) is 2. The van der Waals surface area contributed by atoms with E-state index in [9.17, 15) is 14.7 Å². The van der Waals surface area contributed by atoms with Gasteiger partial charge in [0.25, 0.3) is 0 Å². The highest BCUT2D eigenvalue weighted by Gasteiger charge is 2.45. The Morgan fingerprint density at radius 1 is 1.50 bits per heavy atom. The van der Waals surface area contributed by atoms with Crippen molar-refractivity contribution < 1.29 is 14.7 Å². The van der Waals surface area contributed by atoms with Crippen molar-refractivity contribution in [2.75, 3.05) is 5.75 Å². The molecule has 0 radical (unpaired) electrons. The third-order valence-electron chi connectivity index (χ3n) is 3.82. The molecule has 0 unspecified atom stereocenters. The van der Waals surface area contributed by atoms with E-state index in [0.717, 1.165) is 20.1 Å². The number of halogens is 1. The van der Waals surface area contributed by atoms with E-state index in [2.05, 4.69) is 4.98 Å². The molecule has 1 atom stereocenters. The normalized spacial score (nSPS) is 20.3. The molecule has 1 fully saturated rings. The largest absolute Gasteiger partial charge is 0.477 e. The van der Waals surface area contributed by atoms with E-state index in [4.69, 9.17) is 11.6 Å². The molecule has 3 heterocycles. The smallest absolute Gasteiger partial charge is 0.353 e. The van der Waals surface area contributed by atoms with E-state index in [1.54, 1.807) is 11.8 Å². The summed E-state index contributed by atoms with van der Waals surface area (Å²) in [4.78, 5) is 30.1. The van der Waals surface area contributed by atoms with Gasteiger partial charge in [0.05, 0.1) is 22.0 Å². The number of carboxylic acids is 1. The number of benzene rings is 1. The Labute approximate surface area is 155 Å². The van der Waals surface area contributed by atoms with Crippen molar-refractivity contribution in [3.63, 3.8) is 0 Å². The minimum Gasteiger partial charge on any atom is -0.477 e. The first kappa shape index (κ1) is 16.3. The number of aromatic nitrogens is 1. The second kappa shape index (κ2) is 6.25. The predicted molar refractivity (Wildman–Crippen MR) is 97.4 cm³/mol. The number of β-lactam (4-membered cyclic amide) rings is 1. The van der Waals surface area contributed by atoms with Crippen LogP contribution in [0.1, 0.15) is 12.0 Å². The first-order valence-electron chi connectivity index (χ1n) is 7.10. The molecule has 1 aromatic heterocycles. The first-order chi connectivity index (χ1) is 11.6. The molecule has 1 N–H and O–H groups in total. The van der Waals surface area contributed by atoms with Gasteiger partial charge in [-0.15, -0.1) is 34.7 Å². The number of alkyl halides is 1. The van der Waals surface area contributed by atoms with Crippen LogP contribution in [0.25, 0.3) is 10.2 Å². The van der Waals surface area contributed by atoms with Gasteiger partial charge in [0.1, 0.15) is 5.70 Å². The van der Waals surface area contributed by atoms with Crippen LogP contribution in [0.2, 0.25) is 0 Å². The van der Waals surface area contributed by atoms with Crippen molar-refractivity contribution in [2.24, 2.45) is 0 Å². The molecular weight excluding hydrogens is 388 g/mol. The monoisotopic (exact) mass is 398 g/mol. The second-order valence-corrected chi connectivity index (χ2v) is 9.13. The molecule has 24 heavy (non-hydrogen) atoms. The SMILES string of the molecule is O=C(O)C1=C(Sc2nc3cc(CCl)ccc3s2)CS[C@H]2CC(=O)N12. The average molecular weight is 399 g/mol. The van der Waals surface area contributed by atoms with Crippen molar-refractivity contribution in [3.05, 3.63) is 34.4 Å². The highest BCUT2D eigenvalue weighted by Crippen LogP contribution is 2.46. The number of carboxylic acid groups (broad SMARTS) is 1. The minimum atomic E-state index is -1.05. The average Bonchev–Trinajstić information content (AvgIpc) is 2.95. The van der Waals surface area contributed by atoms with E-state index in [1.165, 1.54) is 28.0 Å². The molecule has 1 amide bonds. The number of rotatable bonds is 4. The second-order valence-electron chi connectivity index (χ2n) is 5.33. The lowest BCUT2D eigenvalue weighted by atomic mass is 10.1. The lowest BCUT2D eigenvalue weighted by Crippen LogP contribution is -2.53. The van der Waals surface area contributed by atoms with Crippen LogP contribution in [0.3, 0.4) is 0 Å².